The van der Waals surface area contributed by atoms with Crippen LogP contribution in [0, 0.1) is 11.3 Å². The second kappa shape index (κ2) is 8.36. The fourth-order valence-electron chi connectivity index (χ4n) is 2.32. The maximum atomic E-state index is 12.3. The van der Waals surface area contributed by atoms with Crippen LogP contribution in [0.4, 0.5) is 16.2 Å². The number of hydrogen-bond donors (Lipinski definition) is 3. The van der Waals surface area contributed by atoms with Crippen LogP contribution < -0.4 is 15.4 Å². The molecule has 2 aromatic carbocycles. The molecule has 7 heteroatoms. The third-order valence-corrected chi connectivity index (χ3v) is 3.63. The van der Waals surface area contributed by atoms with Gasteiger partial charge in [0.1, 0.15) is 18.1 Å². The maximum absolute atomic E-state index is 12.3. The number of para-hydroxylation sites is 2. The summed E-state index contributed by atoms with van der Waals surface area (Å²) in [5.74, 6) is 0.311. The van der Waals surface area contributed by atoms with Crippen LogP contribution in [0.25, 0.3) is 0 Å². The third kappa shape index (κ3) is 4.74. The minimum Gasteiger partial charge on any atom is -0.506 e. The summed E-state index contributed by atoms with van der Waals surface area (Å²) in [7, 11) is 0. The maximum Gasteiger partial charge on any atom is 0.323 e. The van der Waals surface area contributed by atoms with Crippen LogP contribution in [0.1, 0.15) is 11.1 Å². The van der Waals surface area contributed by atoms with E-state index >= 15 is 0 Å². The molecular formula is C20H16N4O3. The molecule has 0 saturated carbocycles. The average molecular weight is 360 g/mol. The molecule has 0 fully saturated rings. The monoisotopic (exact) mass is 360 g/mol. The largest absolute Gasteiger partial charge is 0.506 e. The molecule has 3 N–H and O–H groups in total. The fourth-order valence-corrected chi connectivity index (χ4v) is 2.32. The number of amides is 2. The van der Waals surface area contributed by atoms with Crippen molar-refractivity contribution in [3.8, 4) is 17.6 Å². The van der Waals surface area contributed by atoms with Gasteiger partial charge in [-0.2, -0.15) is 5.26 Å². The van der Waals surface area contributed by atoms with Gasteiger partial charge >= 0.3 is 6.03 Å². The number of aromatic nitrogens is 1. The molecule has 0 bridgehead atoms. The van der Waals surface area contributed by atoms with E-state index in [4.69, 9.17) is 10.00 Å². The summed E-state index contributed by atoms with van der Waals surface area (Å²) in [6.45, 7) is 0.310. The lowest BCUT2D eigenvalue weighted by Gasteiger charge is -2.13. The summed E-state index contributed by atoms with van der Waals surface area (Å²) in [6.07, 6.45) is 3.39. The topological polar surface area (TPSA) is 107 Å². The highest BCUT2D eigenvalue weighted by Crippen LogP contribution is 2.27. The zero-order valence-electron chi connectivity index (χ0n) is 14.2. The van der Waals surface area contributed by atoms with Crippen LogP contribution in [0.5, 0.6) is 11.5 Å². The van der Waals surface area contributed by atoms with E-state index in [1.807, 2.05) is 18.2 Å². The van der Waals surface area contributed by atoms with Gasteiger partial charge < -0.3 is 20.5 Å². The standard InChI is InChI=1S/C20H16N4O3/c21-11-14-7-8-16(18(25)10-14)23-20(26)24-17-5-1-2-6-19(17)27-13-15-4-3-9-22-12-15/h1-10,12,25H,13H2,(H2,23,24,26). The molecule has 0 saturated heterocycles. The molecule has 134 valence electrons. The summed E-state index contributed by atoms with van der Waals surface area (Å²) >= 11 is 0. The van der Waals surface area contributed by atoms with E-state index in [9.17, 15) is 9.90 Å². The van der Waals surface area contributed by atoms with Gasteiger partial charge in [-0.1, -0.05) is 18.2 Å². The summed E-state index contributed by atoms with van der Waals surface area (Å²) in [5, 5.41) is 23.9. The number of phenols is 1. The number of urea groups is 1. The van der Waals surface area contributed by atoms with Crippen molar-refractivity contribution < 1.29 is 14.6 Å². The number of ether oxygens (including phenoxy) is 1. The van der Waals surface area contributed by atoms with E-state index in [1.165, 1.54) is 18.2 Å². The van der Waals surface area contributed by atoms with E-state index in [2.05, 4.69) is 15.6 Å². The first-order valence-electron chi connectivity index (χ1n) is 8.07. The highest BCUT2D eigenvalue weighted by molar-refractivity contribution is 6.01. The van der Waals surface area contributed by atoms with Gasteiger partial charge in [-0.25, -0.2) is 4.79 Å². The Morgan fingerprint density at radius 3 is 2.67 bits per heavy atom. The van der Waals surface area contributed by atoms with Crippen LogP contribution in [0.2, 0.25) is 0 Å². The van der Waals surface area contributed by atoms with Gasteiger partial charge in [-0.3, -0.25) is 4.98 Å². The molecule has 1 aromatic heterocycles. The van der Waals surface area contributed by atoms with Crippen LogP contribution >= 0.6 is 0 Å². The zero-order chi connectivity index (χ0) is 19.1. The van der Waals surface area contributed by atoms with E-state index in [1.54, 1.807) is 36.7 Å². The Balaban J connectivity index is 1.67. The van der Waals surface area contributed by atoms with Gasteiger partial charge in [0.15, 0.2) is 0 Å². The smallest absolute Gasteiger partial charge is 0.323 e. The minimum atomic E-state index is -0.549. The molecule has 0 unspecified atom stereocenters. The Bertz CT molecular complexity index is 984. The van der Waals surface area contributed by atoms with Gasteiger partial charge in [-0.15, -0.1) is 0 Å². The van der Waals surface area contributed by atoms with Crippen molar-refractivity contribution in [2.75, 3.05) is 10.6 Å². The third-order valence-electron chi connectivity index (χ3n) is 3.63. The minimum absolute atomic E-state index is 0.190. The van der Waals surface area contributed by atoms with Gasteiger partial charge in [0, 0.05) is 18.0 Å². The van der Waals surface area contributed by atoms with E-state index < -0.39 is 6.03 Å². The summed E-state index contributed by atoms with van der Waals surface area (Å²) < 4.78 is 5.76. The number of rotatable bonds is 5. The first-order valence-corrected chi connectivity index (χ1v) is 8.07. The number of nitrogens with zero attached hydrogens (tertiary/aromatic N) is 2. The molecule has 27 heavy (non-hydrogen) atoms. The number of benzene rings is 2. The number of carbonyl (C=O) groups is 1. The molecule has 0 aliphatic rings. The Morgan fingerprint density at radius 2 is 1.93 bits per heavy atom. The highest BCUT2D eigenvalue weighted by Gasteiger charge is 2.10. The SMILES string of the molecule is N#Cc1ccc(NC(=O)Nc2ccccc2OCc2cccnc2)c(O)c1. The lowest BCUT2D eigenvalue weighted by atomic mass is 10.2. The van der Waals surface area contributed by atoms with Gasteiger partial charge in [0.2, 0.25) is 0 Å². The van der Waals surface area contributed by atoms with Crippen molar-refractivity contribution in [1.29, 1.82) is 5.26 Å². The summed E-state index contributed by atoms with van der Waals surface area (Å²) in [4.78, 5) is 16.3. The number of nitriles is 1. The predicted molar refractivity (Wildman–Crippen MR) is 100 cm³/mol. The van der Waals surface area contributed by atoms with Crippen LogP contribution in [0.15, 0.2) is 67.0 Å². The fraction of sp³-hybridized carbons (Fsp3) is 0.0500. The Hall–Kier alpha value is -4.05. The predicted octanol–water partition coefficient (Wildman–Crippen LogP) is 3.88. The van der Waals surface area contributed by atoms with Gasteiger partial charge in [-0.05, 0) is 36.4 Å². The van der Waals surface area contributed by atoms with E-state index in [0.29, 0.717) is 23.6 Å². The summed E-state index contributed by atoms with van der Waals surface area (Å²) in [5.41, 5.74) is 1.87. The summed E-state index contributed by atoms with van der Waals surface area (Å²) in [6, 6.07) is 16.3. The molecule has 3 aromatic rings. The molecule has 0 aliphatic carbocycles. The van der Waals surface area contributed by atoms with E-state index in [-0.39, 0.29) is 11.4 Å². The molecule has 3 rings (SSSR count). The molecule has 0 aliphatic heterocycles. The lowest BCUT2D eigenvalue weighted by Crippen LogP contribution is -2.20. The van der Waals surface area contributed by atoms with Crippen molar-refractivity contribution >= 4 is 17.4 Å². The number of nitrogens with one attached hydrogen (secondary N) is 2. The molecule has 0 spiro atoms. The number of carbonyl (C=O) groups excluding carboxylic acids is 1. The number of anilines is 2. The van der Waals surface area contributed by atoms with Crippen molar-refractivity contribution in [1.82, 2.24) is 4.98 Å². The van der Waals surface area contributed by atoms with Crippen molar-refractivity contribution in [2.24, 2.45) is 0 Å². The molecule has 1 heterocycles. The quantitative estimate of drug-likeness (QED) is 0.599. The first kappa shape index (κ1) is 17.8. The van der Waals surface area contributed by atoms with Crippen molar-refractivity contribution in [2.45, 2.75) is 6.61 Å². The molecule has 0 atom stereocenters. The second-order valence-electron chi connectivity index (χ2n) is 5.57. The number of hydrogen-bond acceptors (Lipinski definition) is 5. The lowest BCUT2D eigenvalue weighted by molar-refractivity contribution is 0.261. The van der Waals surface area contributed by atoms with Crippen LogP contribution in [-0.4, -0.2) is 16.1 Å². The molecule has 0 radical (unpaired) electrons. The molecule has 2 amide bonds. The van der Waals surface area contributed by atoms with Crippen LogP contribution in [-0.2, 0) is 6.61 Å². The van der Waals surface area contributed by atoms with Gasteiger partial charge in [0.05, 0.1) is 23.0 Å². The highest BCUT2D eigenvalue weighted by atomic mass is 16.5. The first-order chi connectivity index (χ1) is 13.2. The number of pyridine rings is 1. The zero-order valence-corrected chi connectivity index (χ0v) is 14.2. The second-order valence-corrected chi connectivity index (χ2v) is 5.57. The molecule has 7 nitrogen and oxygen atoms in total. The Kier molecular flexibility index (Phi) is 5.50. The van der Waals surface area contributed by atoms with Crippen molar-refractivity contribution in [3.63, 3.8) is 0 Å². The van der Waals surface area contributed by atoms with Crippen molar-refractivity contribution in [3.05, 3.63) is 78.1 Å². The van der Waals surface area contributed by atoms with Gasteiger partial charge in [0.25, 0.3) is 0 Å². The Labute approximate surface area is 155 Å². The Morgan fingerprint density at radius 1 is 1.11 bits per heavy atom. The number of phenolic OH excluding ortho intramolecular Hbond substituents is 1. The van der Waals surface area contributed by atoms with E-state index in [0.717, 1.165) is 5.56 Å². The normalized spacial score (nSPS) is 9.89. The molecular weight excluding hydrogens is 344 g/mol. The van der Waals surface area contributed by atoms with Crippen LogP contribution in [0.3, 0.4) is 0 Å². The average Bonchev–Trinajstić information content (AvgIpc) is 2.69. The number of aromatic hydroxyl groups is 1.